The molecule has 32 heavy (non-hydrogen) atoms. The van der Waals surface area contributed by atoms with Crippen molar-refractivity contribution in [3.05, 3.63) is 80.8 Å². The van der Waals surface area contributed by atoms with Gasteiger partial charge in [-0.15, -0.1) is 11.3 Å². The minimum absolute atomic E-state index is 0.129. The number of nitrogens with zero attached hydrogens (tertiary/aromatic N) is 4. The minimum Gasteiger partial charge on any atom is -0.497 e. The fraction of sp³-hybridized carbons (Fsp3) is 0.280. The molecule has 0 N–H and O–H groups in total. The lowest BCUT2D eigenvalue weighted by Gasteiger charge is -2.24. The van der Waals surface area contributed by atoms with Crippen LogP contribution in [0.2, 0.25) is 0 Å². The third kappa shape index (κ3) is 3.84. The van der Waals surface area contributed by atoms with E-state index >= 15 is 0 Å². The van der Waals surface area contributed by atoms with Gasteiger partial charge < -0.3 is 9.30 Å². The molecule has 0 radical (unpaired) electrons. The molecule has 0 fully saturated rings. The summed E-state index contributed by atoms with van der Waals surface area (Å²) in [6, 6.07) is 17.6. The number of thiazole rings is 1. The second-order valence-electron chi connectivity index (χ2n) is 8.66. The van der Waals surface area contributed by atoms with E-state index in [9.17, 15) is 4.79 Å². The molecule has 0 saturated carbocycles. The van der Waals surface area contributed by atoms with Crippen LogP contribution in [-0.4, -0.2) is 21.0 Å². The van der Waals surface area contributed by atoms with Gasteiger partial charge in [-0.2, -0.15) is 0 Å². The van der Waals surface area contributed by atoms with Crippen molar-refractivity contribution in [2.45, 2.75) is 33.2 Å². The summed E-state index contributed by atoms with van der Waals surface area (Å²) in [6.45, 7) is 8.36. The fourth-order valence-corrected chi connectivity index (χ4v) is 4.86. The van der Waals surface area contributed by atoms with Crippen molar-refractivity contribution in [3.8, 4) is 22.7 Å². The summed E-state index contributed by atoms with van der Waals surface area (Å²) in [5.74, 6) is 0.817. The van der Waals surface area contributed by atoms with Crippen LogP contribution in [-0.2, 0) is 12.6 Å². The van der Waals surface area contributed by atoms with Gasteiger partial charge in [-0.05, 0) is 69.7 Å². The first-order chi connectivity index (χ1) is 15.2. The van der Waals surface area contributed by atoms with Gasteiger partial charge in [-0.25, -0.2) is 9.67 Å². The van der Waals surface area contributed by atoms with E-state index < -0.39 is 0 Å². The molecule has 166 valence electrons. The van der Waals surface area contributed by atoms with E-state index in [4.69, 9.17) is 9.73 Å². The number of methoxy groups -OCH3 is 1. The molecular weight excluding hydrogens is 420 g/mol. The zero-order valence-electron chi connectivity index (χ0n) is 19.3. The topological polar surface area (TPSA) is 53.4 Å². The Morgan fingerprint density at radius 2 is 1.66 bits per heavy atom. The molecule has 2 heterocycles. The molecule has 0 spiro atoms. The van der Waals surface area contributed by atoms with E-state index in [1.54, 1.807) is 11.8 Å². The third-order valence-electron chi connectivity index (χ3n) is 5.50. The number of hydrogen-bond donors (Lipinski definition) is 0. The highest BCUT2D eigenvalue weighted by Crippen LogP contribution is 2.28. The normalized spacial score (nSPS) is 12.4. The summed E-state index contributed by atoms with van der Waals surface area (Å²) in [5.41, 5.74) is 3.87. The molecule has 0 aliphatic heterocycles. The second kappa shape index (κ2) is 8.31. The molecule has 2 aromatic heterocycles. The molecule has 7 heteroatoms. The van der Waals surface area contributed by atoms with Crippen LogP contribution < -0.4 is 15.1 Å². The molecule has 0 atom stereocenters. The average Bonchev–Trinajstić information content (AvgIpc) is 3.30. The van der Waals surface area contributed by atoms with E-state index in [-0.39, 0.29) is 11.1 Å². The van der Waals surface area contributed by atoms with E-state index in [0.717, 1.165) is 33.2 Å². The number of rotatable bonds is 4. The number of aromatic nitrogens is 3. The number of benzene rings is 2. The SMILES string of the molecule is COc1ccc(-c2csc(=Nc3c(C)n(C)n(-c4ccccc4)c3=O)n2C(C)(C)C)cc1. The molecule has 6 nitrogen and oxygen atoms in total. The Morgan fingerprint density at radius 1 is 1.00 bits per heavy atom. The first-order valence-electron chi connectivity index (χ1n) is 10.5. The predicted octanol–water partition coefficient (Wildman–Crippen LogP) is 5.01. The first-order valence-corrected chi connectivity index (χ1v) is 11.3. The number of ether oxygens (including phenoxy) is 1. The smallest absolute Gasteiger partial charge is 0.297 e. The van der Waals surface area contributed by atoms with Crippen LogP contribution in [0.4, 0.5) is 5.69 Å². The fourth-order valence-electron chi connectivity index (χ4n) is 3.78. The zero-order chi connectivity index (χ0) is 23.0. The Hall–Kier alpha value is -3.32. The average molecular weight is 449 g/mol. The van der Waals surface area contributed by atoms with Crippen LogP contribution in [0.3, 0.4) is 0 Å². The molecule has 0 unspecified atom stereocenters. The molecule has 0 amide bonds. The molecule has 0 aliphatic rings. The van der Waals surface area contributed by atoms with Gasteiger partial charge in [0.25, 0.3) is 5.56 Å². The quantitative estimate of drug-likeness (QED) is 0.441. The number of hydrogen-bond acceptors (Lipinski definition) is 4. The Kier molecular flexibility index (Phi) is 5.69. The monoisotopic (exact) mass is 448 g/mol. The van der Waals surface area contributed by atoms with Crippen LogP contribution >= 0.6 is 11.3 Å². The maximum Gasteiger partial charge on any atom is 0.297 e. The molecule has 4 aromatic rings. The largest absolute Gasteiger partial charge is 0.497 e. The molecule has 0 bridgehead atoms. The van der Waals surface area contributed by atoms with Gasteiger partial charge in [0.15, 0.2) is 10.5 Å². The number of para-hydroxylation sites is 1. The Bertz CT molecular complexity index is 1360. The van der Waals surface area contributed by atoms with E-state index in [0.29, 0.717) is 5.69 Å². The lowest BCUT2D eigenvalue weighted by Crippen LogP contribution is -2.32. The highest BCUT2D eigenvalue weighted by atomic mass is 32.1. The van der Waals surface area contributed by atoms with E-state index in [2.05, 4.69) is 30.7 Å². The van der Waals surface area contributed by atoms with Crippen LogP contribution in [0.25, 0.3) is 16.9 Å². The van der Waals surface area contributed by atoms with Crippen molar-refractivity contribution >= 4 is 17.0 Å². The van der Waals surface area contributed by atoms with Crippen LogP contribution in [0.5, 0.6) is 5.75 Å². The van der Waals surface area contributed by atoms with Crippen molar-refractivity contribution in [2.75, 3.05) is 7.11 Å². The summed E-state index contributed by atoms with van der Waals surface area (Å²) < 4.78 is 11.0. The lowest BCUT2D eigenvalue weighted by atomic mass is 10.1. The van der Waals surface area contributed by atoms with Gasteiger partial charge >= 0.3 is 0 Å². The van der Waals surface area contributed by atoms with Crippen LogP contribution in [0.1, 0.15) is 26.5 Å². The van der Waals surface area contributed by atoms with Crippen LogP contribution in [0, 0.1) is 6.92 Å². The minimum atomic E-state index is -0.227. The van der Waals surface area contributed by atoms with Crippen LogP contribution in [0.15, 0.2) is 69.8 Å². The Labute approximate surface area is 191 Å². The van der Waals surface area contributed by atoms with Gasteiger partial charge in [0.1, 0.15) is 5.75 Å². The summed E-state index contributed by atoms with van der Waals surface area (Å²) in [7, 11) is 3.55. The Morgan fingerprint density at radius 3 is 2.25 bits per heavy atom. The zero-order valence-corrected chi connectivity index (χ0v) is 20.1. The molecule has 2 aromatic carbocycles. The van der Waals surface area contributed by atoms with Gasteiger partial charge in [-0.1, -0.05) is 18.2 Å². The van der Waals surface area contributed by atoms with Crippen molar-refractivity contribution in [1.29, 1.82) is 0 Å². The first kappa shape index (κ1) is 21.9. The summed E-state index contributed by atoms with van der Waals surface area (Å²) in [5, 5.41) is 2.10. The summed E-state index contributed by atoms with van der Waals surface area (Å²) in [6.07, 6.45) is 0. The summed E-state index contributed by atoms with van der Waals surface area (Å²) >= 11 is 1.54. The van der Waals surface area contributed by atoms with Crippen molar-refractivity contribution in [2.24, 2.45) is 12.0 Å². The van der Waals surface area contributed by atoms with E-state index in [1.807, 2.05) is 73.3 Å². The highest BCUT2D eigenvalue weighted by molar-refractivity contribution is 7.07. The molecular formula is C25H28N4O2S. The standard InChI is InChI=1S/C25H28N4O2S/c1-17-22(23(30)29(27(17)5)19-10-8-7-9-11-19)26-24-28(25(2,3)4)21(16-32-24)18-12-14-20(31-6)15-13-18/h7-16H,1-6H3. The third-order valence-corrected chi connectivity index (χ3v) is 6.32. The van der Waals surface area contributed by atoms with Gasteiger partial charge in [0, 0.05) is 18.0 Å². The predicted molar refractivity (Wildman–Crippen MR) is 130 cm³/mol. The van der Waals surface area contributed by atoms with E-state index in [1.165, 1.54) is 11.3 Å². The Balaban J connectivity index is 1.93. The molecule has 0 aliphatic carbocycles. The second-order valence-corrected chi connectivity index (χ2v) is 9.50. The van der Waals surface area contributed by atoms with Crippen molar-refractivity contribution in [1.82, 2.24) is 13.9 Å². The molecule has 0 saturated heterocycles. The van der Waals surface area contributed by atoms with Gasteiger partial charge in [0.2, 0.25) is 0 Å². The van der Waals surface area contributed by atoms with Crippen molar-refractivity contribution < 1.29 is 4.74 Å². The maximum absolute atomic E-state index is 13.4. The highest BCUT2D eigenvalue weighted by Gasteiger charge is 2.22. The van der Waals surface area contributed by atoms with Gasteiger partial charge in [0.05, 0.1) is 24.2 Å². The van der Waals surface area contributed by atoms with Crippen molar-refractivity contribution in [3.63, 3.8) is 0 Å². The van der Waals surface area contributed by atoms with Gasteiger partial charge in [-0.3, -0.25) is 9.48 Å². The summed E-state index contributed by atoms with van der Waals surface area (Å²) in [4.78, 5) is 19.0. The molecule has 4 rings (SSSR count). The lowest BCUT2D eigenvalue weighted by molar-refractivity contribution is 0.392. The maximum atomic E-state index is 13.4.